The third-order valence-corrected chi connectivity index (χ3v) is 4.20. The highest BCUT2D eigenvalue weighted by Gasteiger charge is 2.12. The van der Waals surface area contributed by atoms with Crippen LogP contribution in [-0.4, -0.2) is 35.4 Å². The summed E-state index contributed by atoms with van der Waals surface area (Å²) in [6, 6.07) is 17.9. The number of methoxy groups -OCH3 is 1. The molecule has 7 nitrogen and oxygen atoms in total. The molecule has 0 fully saturated rings. The first-order valence-electron chi connectivity index (χ1n) is 9.22. The van der Waals surface area contributed by atoms with E-state index in [0.29, 0.717) is 13.0 Å². The topological polar surface area (TPSA) is 93.2 Å². The van der Waals surface area contributed by atoms with Gasteiger partial charge in [-0.2, -0.15) is 0 Å². The molecule has 0 unspecified atom stereocenters. The predicted molar refractivity (Wildman–Crippen MR) is 109 cm³/mol. The molecule has 0 saturated heterocycles. The van der Waals surface area contributed by atoms with Gasteiger partial charge in [-0.05, 0) is 48.4 Å². The van der Waals surface area contributed by atoms with Gasteiger partial charge in [0.25, 0.3) is 11.8 Å². The number of carbonyl (C=O) groups is 2. The molecule has 0 aliphatic heterocycles. The minimum absolute atomic E-state index is 0.182. The minimum atomic E-state index is -0.360. The highest BCUT2D eigenvalue weighted by Crippen LogP contribution is 2.12. The third-order valence-electron chi connectivity index (χ3n) is 4.20. The summed E-state index contributed by atoms with van der Waals surface area (Å²) in [5, 5.41) is 5.57. The van der Waals surface area contributed by atoms with Gasteiger partial charge in [-0.25, -0.2) is 4.98 Å². The van der Waals surface area contributed by atoms with Crippen LogP contribution in [0.5, 0.6) is 5.75 Å². The number of rotatable bonds is 8. The third kappa shape index (κ3) is 5.87. The Hall–Kier alpha value is -3.74. The van der Waals surface area contributed by atoms with Gasteiger partial charge >= 0.3 is 0 Å². The zero-order valence-electron chi connectivity index (χ0n) is 16.1. The molecule has 0 radical (unpaired) electrons. The van der Waals surface area contributed by atoms with Crippen LogP contribution in [0.2, 0.25) is 0 Å². The van der Waals surface area contributed by atoms with Gasteiger partial charge in [0.05, 0.1) is 19.3 Å². The Labute approximate surface area is 169 Å². The summed E-state index contributed by atoms with van der Waals surface area (Å²) < 4.78 is 5.20. The average Bonchev–Trinajstić information content (AvgIpc) is 2.78. The van der Waals surface area contributed by atoms with Crippen LogP contribution >= 0.6 is 0 Å². The molecule has 2 aromatic heterocycles. The van der Waals surface area contributed by atoms with Crippen molar-refractivity contribution in [2.75, 3.05) is 13.7 Å². The van der Waals surface area contributed by atoms with Crippen molar-refractivity contribution in [3.8, 4) is 5.75 Å². The molecule has 2 amide bonds. The number of amides is 2. The van der Waals surface area contributed by atoms with Crippen molar-refractivity contribution < 1.29 is 14.3 Å². The summed E-state index contributed by atoms with van der Waals surface area (Å²) in [6.45, 7) is 0.738. The molecule has 148 valence electrons. The Morgan fingerprint density at radius 2 is 1.69 bits per heavy atom. The molecule has 0 spiro atoms. The fourth-order valence-electron chi connectivity index (χ4n) is 2.69. The smallest absolute Gasteiger partial charge is 0.270 e. The van der Waals surface area contributed by atoms with Crippen LogP contribution < -0.4 is 15.4 Å². The fraction of sp³-hybridized carbons (Fsp3) is 0.182. The monoisotopic (exact) mass is 390 g/mol. The molecule has 3 aromatic rings. The molecule has 3 rings (SSSR count). The van der Waals surface area contributed by atoms with Crippen molar-refractivity contribution in [3.63, 3.8) is 0 Å². The van der Waals surface area contributed by atoms with Gasteiger partial charge in [0.15, 0.2) is 0 Å². The largest absolute Gasteiger partial charge is 0.497 e. The Morgan fingerprint density at radius 1 is 0.931 bits per heavy atom. The molecular weight excluding hydrogens is 368 g/mol. The number of nitrogens with one attached hydrogen (secondary N) is 2. The van der Waals surface area contributed by atoms with E-state index in [1.807, 2.05) is 42.5 Å². The SMILES string of the molecule is COc1cccc(CCNC(=O)c2cccc(C(=O)NCc3ccccn3)n2)c1. The van der Waals surface area contributed by atoms with Gasteiger partial charge < -0.3 is 15.4 Å². The van der Waals surface area contributed by atoms with E-state index < -0.39 is 0 Å². The molecule has 0 saturated carbocycles. The molecule has 0 bridgehead atoms. The average molecular weight is 390 g/mol. The Kier molecular flexibility index (Phi) is 6.89. The van der Waals surface area contributed by atoms with Crippen LogP contribution in [0, 0.1) is 0 Å². The molecule has 2 heterocycles. The summed E-state index contributed by atoms with van der Waals surface area (Å²) in [4.78, 5) is 33.0. The zero-order chi connectivity index (χ0) is 20.5. The summed E-state index contributed by atoms with van der Waals surface area (Å²) >= 11 is 0. The lowest BCUT2D eigenvalue weighted by molar-refractivity contribution is 0.0942. The van der Waals surface area contributed by atoms with Gasteiger partial charge in [-0.15, -0.1) is 0 Å². The van der Waals surface area contributed by atoms with E-state index in [1.165, 1.54) is 0 Å². The summed E-state index contributed by atoms with van der Waals surface area (Å²) in [6.07, 6.45) is 2.32. The minimum Gasteiger partial charge on any atom is -0.497 e. The second-order valence-corrected chi connectivity index (χ2v) is 6.27. The Balaban J connectivity index is 1.53. The molecule has 1 aromatic carbocycles. The Bertz CT molecular complexity index is 977. The maximum Gasteiger partial charge on any atom is 0.270 e. The lowest BCUT2D eigenvalue weighted by Crippen LogP contribution is -2.28. The normalized spacial score (nSPS) is 10.2. The predicted octanol–water partition coefficient (Wildman–Crippen LogP) is 2.39. The number of hydrogen-bond donors (Lipinski definition) is 2. The number of pyridine rings is 2. The van der Waals surface area contributed by atoms with Crippen molar-refractivity contribution >= 4 is 11.8 Å². The highest BCUT2D eigenvalue weighted by atomic mass is 16.5. The second-order valence-electron chi connectivity index (χ2n) is 6.27. The van der Waals surface area contributed by atoms with Crippen LogP contribution in [0.3, 0.4) is 0 Å². The number of aromatic nitrogens is 2. The lowest BCUT2D eigenvalue weighted by Gasteiger charge is -2.08. The maximum absolute atomic E-state index is 12.4. The number of benzene rings is 1. The summed E-state index contributed by atoms with van der Waals surface area (Å²) in [5.74, 6) is 0.0915. The number of ether oxygens (including phenoxy) is 1. The van der Waals surface area contributed by atoms with Crippen LogP contribution in [0.25, 0.3) is 0 Å². The summed E-state index contributed by atoms with van der Waals surface area (Å²) in [5.41, 5.74) is 2.18. The summed E-state index contributed by atoms with van der Waals surface area (Å²) in [7, 11) is 1.62. The van der Waals surface area contributed by atoms with E-state index in [1.54, 1.807) is 31.5 Å². The van der Waals surface area contributed by atoms with Gasteiger partial charge in [0.2, 0.25) is 0 Å². The first-order valence-corrected chi connectivity index (χ1v) is 9.22. The van der Waals surface area contributed by atoms with Gasteiger partial charge in [-0.3, -0.25) is 14.6 Å². The van der Waals surface area contributed by atoms with Crippen LogP contribution in [0.15, 0.2) is 66.9 Å². The van der Waals surface area contributed by atoms with Gasteiger partial charge in [0, 0.05) is 12.7 Å². The molecule has 29 heavy (non-hydrogen) atoms. The van der Waals surface area contributed by atoms with Crippen LogP contribution in [0.4, 0.5) is 0 Å². The van der Waals surface area contributed by atoms with Gasteiger partial charge in [0.1, 0.15) is 17.1 Å². The van der Waals surface area contributed by atoms with Crippen molar-refractivity contribution in [2.24, 2.45) is 0 Å². The van der Waals surface area contributed by atoms with E-state index in [4.69, 9.17) is 4.74 Å². The first kappa shape index (κ1) is 20.0. The molecule has 0 aliphatic carbocycles. The van der Waals surface area contributed by atoms with E-state index in [0.717, 1.165) is 17.0 Å². The zero-order valence-corrected chi connectivity index (χ0v) is 16.1. The maximum atomic E-state index is 12.4. The molecule has 0 atom stereocenters. The quantitative estimate of drug-likeness (QED) is 0.616. The Morgan fingerprint density at radius 3 is 2.41 bits per heavy atom. The lowest BCUT2D eigenvalue weighted by atomic mass is 10.1. The number of nitrogens with zero attached hydrogens (tertiary/aromatic N) is 2. The van der Waals surface area contributed by atoms with E-state index in [2.05, 4.69) is 20.6 Å². The number of carbonyl (C=O) groups excluding carboxylic acids is 2. The second kappa shape index (κ2) is 9.98. The van der Waals surface area contributed by atoms with Crippen LogP contribution in [0.1, 0.15) is 32.2 Å². The van der Waals surface area contributed by atoms with E-state index in [9.17, 15) is 9.59 Å². The fourth-order valence-corrected chi connectivity index (χ4v) is 2.69. The highest BCUT2D eigenvalue weighted by molar-refractivity contribution is 5.96. The molecule has 7 heteroatoms. The van der Waals surface area contributed by atoms with E-state index >= 15 is 0 Å². The standard InChI is InChI=1S/C22H22N4O3/c1-29-18-8-4-6-16(14-18)11-13-24-21(27)19-9-5-10-20(26-19)22(28)25-15-17-7-2-3-12-23-17/h2-10,12,14H,11,13,15H2,1H3,(H,24,27)(H,25,28). The van der Waals surface area contributed by atoms with Crippen LogP contribution in [-0.2, 0) is 13.0 Å². The van der Waals surface area contributed by atoms with Crippen molar-refractivity contribution in [3.05, 3.63) is 89.5 Å². The number of hydrogen-bond acceptors (Lipinski definition) is 5. The van der Waals surface area contributed by atoms with Crippen molar-refractivity contribution in [1.29, 1.82) is 0 Å². The molecular formula is C22H22N4O3. The van der Waals surface area contributed by atoms with Crippen molar-refractivity contribution in [1.82, 2.24) is 20.6 Å². The molecule has 2 N–H and O–H groups in total. The first-order chi connectivity index (χ1) is 14.2. The van der Waals surface area contributed by atoms with E-state index in [-0.39, 0.29) is 29.7 Å². The van der Waals surface area contributed by atoms with Crippen molar-refractivity contribution in [2.45, 2.75) is 13.0 Å². The van der Waals surface area contributed by atoms with Gasteiger partial charge in [-0.1, -0.05) is 24.3 Å². The molecule has 0 aliphatic rings.